The summed E-state index contributed by atoms with van der Waals surface area (Å²) in [5.41, 5.74) is 0.687. The summed E-state index contributed by atoms with van der Waals surface area (Å²) >= 11 is 0. The number of hydrogen-bond acceptors (Lipinski definition) is 2. The lowest BCUT2D eigenvalue weighted by Gasteiger charge is -2.19. The van der Waals surface area contributed by atoms with E-state index in [4.69, 9.17) is 0 Å². The predicted octanol–water partition coefficient (Wildman–Crippen LogP) is 3.10. The lowest BCUT2D eigenvalue weighted by Crippen LogP contribution is -2.07. The van der Waals surface area contributed by atoms with Crippen LogP contribution in [0.15, 0.2) is 24.3 Å². The maximum absolute atomic E-state index is 11.0. The molecule has 0 spiro atoms. The zero-order chi connectivity index (χ0) is 11.2. The van der Waals surface area contributed by atoms with Crippen molar-refractivity contribution in [2.24, 2.45) is 5.41 Å². The van der Waals surface area contributed by atoms with E-state index >= 15 is 0 Å². The van der Waals surface area contributed by atoms with Gasteiger partial charge in [0.25, 0.3) is 0 Å². The minimum atomic E-state index is -0.365. The molecule has 0 amide bonds. The van der Waals surface area contributed by atoms with Gasteiger partial charge >= 0.3 is 5.97 Å². The van der Waals surface area contributed by atoms with Crippen molar-refractivity contribution < 1.29 is 9.53 Å². The normalized spacial score (nSPS) is 11.7. The third-order valence-corrected chi connectivity index (χ3v) is 2.39. The smallest absolute Gasteiger partial charge is 0.337 e. The molecule has 0 aromatic heterocycles. The van der Waals surface area contributed by atoms with Crippen molar-refractivity contribution in [3.05, 3.63) is 24.3 Å². The van der Waals surface area contributed by atoms with Crippen molar-refractivity contribution in [2.45, 2.75) is 33.6 Å². The maximum atomic E-state index is 11.0. The third kappa shape index (κ3) is 4.85. The van der Waals surface area contributed by atoms with Crippen LogP contribution in [0.4, 0.5) is 0 Å². The molecule has 80 valence electrons. The second kappa shape index (κ2) is 5.63. The summed E-state index contributed by atoms with van der Waals surface area (Å²) in [7, 11) is 1.36. The Morgan fingerprint density at radius 1 is 1.50 bits per heavy atom. The molecular weight excluding hydrogens is 176 g/mol. The predicted molar refractivity (Wildman–Crippen MR) is 59.0 cm³/mol. The molecule has 0 atom stereocenters. The quantitative estimate of drug-likeness (QED) is 0.383. The molecule has 0 saturated heterocycles. The molecule has 0 heterocycles. The number of rotatable bonds is 5. The van der Waals surface area contributed by atoms with Gasteiger partial charge < -0.3 is 4.74 Å². The summed E-state index contributed by atoms with van der Waals surface area (Å²) in [5, 5.41) is 0. The molecule has 0 fully saturated rings. The minimum absolute atomic E-state index is 0.285. The second-order valence-corrected chi connectivity index (χ2v) is 4.14. The van der Waals surface area contributed by atoms with Gasteiger partial charge in [-0.3, -0.25) is 0 Å². The first-order valence-corrected chi connectivity index (χ1v) is 4.86. The molecule has 0 aromatic rings. The molecule has 2 heteroatoms. The first-order chi connectivity index (χ1) is 6.43. The number of allylic oxidation sites excluding steroid dienone is 1. The lowest BCUT2D eigenvalue weighted by atomic mass is 9.86. The van der Waals surface area contributed by atoms with Crippen molar-refractivity contribution in [2.75, 3.05) is 7.11 Å². The van der Waals surface area contributed by atoms with Crippen LogP contribution in [-0.2, 0) is 9.53 Å². The number of ether oxygens (including phenoxy) is 1. The van der Waals surface area contributed by atoms with Gasteiger partial charge in [-0.15, -0.1) is 0 Å². The molecule has 0 saturated carbocycles. The summed E-state index contributed by atoms with van der Waals surface area (Å²) in [6.07, 6.45) is 5.76. The zero-order valence-corrected chi connectivity index (χ0v) is 9.59. The Bertz CT molecular complexity index is 237. The van der Waals surface area contributed by atoms with Crippen molar-refractivity contribution in [3.63, 3.8) is 0 Å². The van der Waals surface area contributed by atoms with E-state index in [1.165, 1.54) is 7.11 Å². The van der Waals surface area contributed by atoms with Gasteiger partial charge in [-0.25, -0.2) is 4.79 Å². The monoisotopic (exact) mass is 196 g/mol. The largest absolute Gasteiger partial charge is 0.465 e. The number of methoxy groups -OCH3 is 1. The highest BCUT2D eigenvalue weighted by Gasteiger charge is 2.12. The van der Waals surface area contributed by atoms with Crippen LogP contribution in [0.1, 0.15) is 33.6 Å². The highest BCUT2D eigenvalue weighted by molar-refractivity contribution is 5.90. The van der Waals surface area contributed by atoms with Crippen LogP contribution in [-0.4, -0.2) is 13.1 Å². The minimum Gasteiger partial charge on any atom is -0.465 e. The first-order valence-electron chi connectivity index (χ1n) is 4.86. The first kappa shape index (κ1) is 12.9. The molecule has 0 aliphatic carbocycles. The van der Waals surface area contributed by atoms with E-state index < -0.39 is 0 Å². The molecule has 0 rings (SSSR count). The van der Waals surface area contributed by atoms with Gasteiger partial charge in [-0.05, 0) is 11.8 Å². The number of hydrogen-bond donors (Lipinski definition) is 0. The lowest BCUT2D eigenvalue weighted by molar-refractivity contribution is -0.135. The molecular formula is C12H20O2. The highest BCUT2D eigenvalue weighted by atomic mass is 16.5. The van der Waals surface area contributed by atoms with E-state index in [9.17, 15) is 4.79 Å². The summed E-state index contributed by atoms with van der Waals surface area (Å²) in [6, 6.07) is 0. The SMILES string of the molecule is C=C(C=CCC(C)(C)CC)C(=O)OC. The van der Waals surface area contributed by atoms with Crippen molar-refractivity contribution in [1.29, 1.82) is 0 Å². The standard InChI is InChI=1S/C12H20O2/c1-6-12(3,4)9-7-8-10(2)11(13)14-5/h7-8H,2,6,9H2,1,3-5H3. The fourth-order valence-electron chi connectivity index (χ4n) is 0.864. The van der Waals surface area contributed by atoms with Gasteiger partial charge in [0, 0.05) is 0 Å². The fraction of sp³-hybridized carbons (Fsp3) is 0.583. The molecule has 0 bridgehead atoms. The van der Waals surface area contributed by atoms with E-state index in [1.54, 1.807) is 6.08 Å². The molecule has 0 N–H and O–H groups in total. The van der Waals surface area contributed by atoms with Crippen molar-refractivity contribution in [3.8, 4) is 0 Å². The van der Waals surface area contributed by atoms with Gasteiger partial charge in [0.2, 0.25) is 0 Å². The zero-order valence-electron chi connectivity index (χ0n) is 9.59. The fourth-order valence-corrected chi connectivity index (χ4v) is 0.864. The molecule has 2 nitrogen and oxygen atoms in total. The Morgan fingerprint density at radius 2 is 2.07 bits per heavy atom. The summed E-state index contributed by atoms with van der Waals surface area (Å²) < 4.78 is 4.53. The highest BCUT2D eigenvalue weighted by Crippen LogP contribution is 2.24. The van der Waals surface area contributed by atoms with E-state index in [0.717, 1.165) is 12.8 Å². The average molecular weight is 196 g/mol. The Hall–Kier alpha value is -1.05. The average Bonchev–Trinajstić information content (AvgIpc) is 2.16. The van der Waals surface area contributed by atoms with E-state index in [-0.39, 0.29) is 11.4 Å². The van der Waals surface area contributed by atoms with Crippen molar-refractivity contribution in [1.82, 2.24) is 0 Å². The number of carbonyl (C=O) groups is 1. The molecule has 14 heavy (non-hydrogen) atoms. The van der Waals surface area contributed by atoms with Crippen LogP contribution < -0.4 is 0 Å². The van der Waals surface area contributed by atoms with E-state index in [1.807, 2.05) is 6.08 Å². The summed E-state index contributed by atoms with van der Waals surface area (Å²) in [5.74, 6) is -0.365. The van der Waals surface area contributed by atoms with Gasteiger partial charge in [-0.1, -0.05) is 45.9 Å². The summed E-state index contributed by atoms with van der Waals surface area (Å²) in [6.45, 7) is 10.2. The van der Waals surface area contributed by atoms with Crippen LogP contribution in [0.25, 0.3) is 0 Å². The molecule has 0 unspecified atom stereocenters. The molecule has 0 aliphatic rings. The van der Waals surface area contributed by atoms with Gasteiger partial charge in [0.1, 0.15) is 0 Å². The van der Waals surface area contributed by atoms with E-state index in [0.29, 0.717) is 5.57 Å². The Balaban J connectivity index is 4.07. The Morgan fingerprint density at radius 3 is 2.50 bits per heavy atom. The number of carbonyl (C=O) groups excluding carboxylic acids is 1. The topological polar surface area (TPSA) is 26.3 Å². The summed E-state index contributed by atoms with van der Waals surface area (Å²) in [4.78, 5) is 11.0. The Labute approximate surface area is 86.6 Å². The molecule has 0 aromatic carbocycles. The molecule has 0 aliphatic heterocycles. The molecule has 0 radical (unpaired) electrons. The van der Waals surface area contributed by atoms with Gasteiger partial charge in [-0.2, -0.15) is 0 Å². The van der Waals surface area contributed by atoms with Gasteiger partial charge in [0.05, 0.1) is 12.7 Å². The number of esters is 1. The van der Waals surface area contributed by atoms with Crippen LogP contribution in [0.3, 0.4) is 0 Å². The maximum Gasteiger partial charge on any atom is 0.337 e. The van der Waals surface area contributed by atoms with Crippen LogP contribution in [0.5, 0.6) is 0 Å². The van der Waals surface area contributed by atoms with E-state index in [2.05, 4.69) is 32.1 Å². The third-order valence-electron chi connectivity index (χ3n) is 2.39. The van der Waals surface area contributed by atoms with Gasteiger partial charge in [0.15, 0.2) is 0 Å². The van der Waals surface area contributed by atoms with Crippen LogP contribution in [0.2, 0.25) is 0 Å². The van der Waals surface area contributed by atoms with Crippen LogP contribution in [0, 0.1) is 5.41 Å². The van der Waals surface area contributed by atoms with Crippen molar-refractivity contribution >= 4 is 5.97 Å². The Kier molecular flexibility index (Phi) is 5.21. The second-order valence-electron chi connectivity index (χ2n) is 4.14. The van der Waals surface area contributed by atoms with Crippen LogP contribution >= 0.6 is 0 Å².